The second kappa shape index (κ2) is 10.5. The fourth-order valence-electron chi connectivity index (χ4n) is 3.02. The minimum atomic E-state index is -1.08. The van der Waals surface area contributed by atoms with E-state index in [0.29, 0.717) is 18.0 Å². The third-order valence-electron chi connectivity index (χ3n) is 4.99. The molecule has 0 unspecified atom stereocenters. The highest BCUT2D eigenvalue weighted by atomic mass is 16.5. The number of benzene rings is 1. The SMILES string of the molecule is CCCCOc1ccc(C(C)(C)CCC(C)(C)C)cc1N(CC(=O)O)CC(=O)O. The van der Waals surface area contributed by atoms with Gasteiger partial charge in [-0.05, 0) is 47.8 Å². The Hall–Kier alpha value is -2.24. The van der Waals surface area contributed by atoms with E-state index in [4.69, 9.17) is 4.74 Å². The van der Waals surface area contributed by atoms with Crippen molar-refractivity contribution >= 4 is 17.6 Å². The van der Waals surface area contributed by atoms with Gasteiger partial charge in [0.2, 0.25) is 0 Å². The van der Waals surface area contributed by atoms with E-state index in [-0.39, 0.29) is 10.8 Å². The molecule has 0 saturated heterocycles. The molecule has 0 spiro atoms. The maximum absolute atomic E-state index is 11.4. The van der Waals surface area contributed by atoms with Crippen molar-refractivity contribution in [1.82, 2.24) is 0 Å². The van der Waals surface area contributed by atoms with Crippen LogP contribution in [-0.4, -0.2) is 41.8 Å². The maximum atomic E-state index is 11.4. The molecular weight excluding hydrogens is 370 g/mol. The zero-order valence-corrected chi connectivity index (χ0v) is 18.7. The Bertz CT molecular complexity index is 675. The van der Waals surface area contributed by atoms with Crippen molar-refractivity contribution in [2.75, 3.05) is 24.6 Å². The van der Waals surface area contributed by atoms with Crippen LogP contribution in [0.3, 0.4) is 0 Å². The zero-order valence-electron chi connectivity index (χ0n) is 18.7. The van der Waals surface area contributed by atoms with Crippen LogP contribution in [0.2, 0.25) is 0 Å². The van der Waals surface area contributed by atoms with Crippen molar-refractivity contribution < 1.29 is 24.5 Å². The van der Waals surface area contributed by atoms with Crippen molar-refractivity contribution in [2.45, 2.75) is 72.6 Å². The summed E-state index contributed by atoms with van der Waals surface area (Å²) in [5.41, 5.74) is 1.64. The summed E-state index contributed by atoms with van der Waals surface area (Å²) in [6.07, 6.45) is 3.85. The summed E-state index contributed by atoms with van der Waals surface area (Å²) in [5.74, 6) is -1.64. The van der Waals surface area contributed by atoms with Crippen LogP contribution in [-0.2, 0) is 15.0 Å². The lowest BCUT2D eigenvalue weighted by molar-refractivity contribution is -0.136. The van der Waals surface area contributed by atoms with Gasteiger partial charge >= 0.3 is 11.9 Å². The van der Waals surface area contributed by atoms with Gasteiger partial charge in [0.05, 0.1) is 12.3 Å². The van der Waals surface area contributed by atoms with Crippen molar-refractivity contribution in [3.05, 3.63) is 23.8 Å². The highest BCUT2D eigenvalue weighted by Gasteiger charge is 2.26. The van der Waals surface area contributed by atoms with E-state index in [1.165, 1.54) is 4.90 Å². The molecule has 0 bridgehead atoms. The molecule has 1 aromatic rings. The molecule has 1 aromatic carbocycles. The molecule has 164 valence electrons. The van der Waals surface area contributed by atoms with Crippen LogP contribution in [0.1, 0.15) is 72.8 Å². The van der Waals surface area contributed by atoms with E-state index < -0.39 is 25.0 Å². The highest BCUT2D eigenvalue weighted by molar-refractivity contribution is 5.81. The molecule has 0 aliphatic heterocycles. The standard InChI is InChI=1S/C23H37NO5/c1-7-8-13-29-19-10-9-17(23(5,6)12-11-22(2,3)4)14-18(19)24(15-20(25)26)16-21(27)28/h9-10,14H,7-8,11-13,15-16H2,1-6H3,(H,25,26)(H,27,28). The summed E-state index contributed by atoms with van der Waals surface area (Å²) >= 11 is 0. The number of hydrogen-bond donors (Lipinski definition) is 2. The number of carbonyl (C=O) groups is 2. The Morgan fingerprint density at radius 1 is 1.00 bits per heavy atom. The molecule has 0 fully saturated rings. The van der Waals surface area contributed by atoms with E-state index in [1.807, 2.05) is 18.2 Å². The monoisotopic (exact) mass is 407 g/mol. The fourth-order valence-corrected chi connectivity index (χ4v) is 3.02. The van der Waals surface area contributed by atoms with Crippen molar-refractivity contribution in [2.24, 2.45) is 5.41 Å². The van der Waals surface area contributed by atoms with Crippen LogP contribution in [0.4, 0.5) is 5.69 Å². The van der Waals surface area contributed by atoms with E-state index in [1.54, 1.807) is 0 Å². The topological polar surface area (TPSA) is 87.1 Å². The van der Waals surface area contributed by atoms with Gasteiger partial charge in [-0.1, -0.05) is 54.0 Å². The summed E-state index contributed by atoms with van der Waals surface area (Å²) in [6.45, 7) is 12.7. The molecule has 29 heavy (non-hydrogen) atoms. The first-order chi connectivity index (χ1) is 13.4. The first-order valence-electron chi connectivity index (χ1n) is 10.3. The van der Waals surface area contributed by atoms with E-state index in [2.05, 4.69) is 41.5 Å². The molecule has 0 heterocycles. The highest BCUT2D eigenvalue weighted by Crippen LogP contribution is 2.38. The number of ether oxygens (including phenoxy) is 1. The molecule has 6 heteroatoms. The van der Waals surface area contributed by atoms with Crippen LogP contribution in [0.25, 0.3) is 0 Å². The van der Waals surface area contributed by atoms with E-state index >= 15 is 0 Å². The summed E-state index contributed by atoms with van der Waals surface area (Å²) in [6, 6.07) is 5.75. The smallest absolute Gasteiger partial charge is 0.323 e. The predicted octanol–water partition coefficient (Wildman–Crippen LogP) is 4.95. The van der Waals surface area contributed by atoms with Gasteiger partial charge in [-0.3, -0.25) is 9.59 Å². The Labute approximate surface area is 174 Å². The van der Waals surface area contributed by atoms with Crippen LogP contribution < -0.4 is 9.64 Å². The van der Waals surface area contributed by atoms with Crippen LogP contribution in [0, 0.1) is 5.41 Å². The minimum Gasteiger partial charge on any atom is -0.491 e. The average molecular weight is 408 g/mol. The van der Waals surface area contributed by atoms with Crippen molar-refractivity contribution in [3.63, 3.8) is 0 Å². The van der Waals surface area contributed by atoms with Gasteiger partial charge in [0.1, 0.15) is 18.8 Å². The van der Waals surface area contributed by atoms with Gasteiger partial charge < -0.3 is 19.8 Å². The van der Waals surface area contributed by atoms with Crippen molar-refractivity contribution in [1.29, 1.82) is 0 Å². The van der Waals surface area contributed by atoms with Gasteiger partial charge in [0.25, 0.3) is 0 Å². The molecule has 6 nitrogen and oxygen atoms in total. The third kappa shape index (κ3) is 8.75. The molecule has 0 radical (unpaired) electrons. The van der Waals surface area contributed by atoms with Crippen LogP contribution in [0.15, 0.2) is 18.2 Å². The average Bonchev–Trinajstić information content (AvgIpc) is 2.58. The molecule has 2 N–H and O–H groups in total. The Morgan fingerprint density at radius 3 is 2.07 bits per heavy atom. The number of hydrogen-bond acceptors (Lipinski definition) is 4. The quantitative estimate of drug-likeness (QED) is 0.477. The fraction of sp³-hybridized carbons (Fsp3) is 0.652. The van der Waals surface area contributed by atoms with Gasteiger partial charge in [-0.15, -0.1) is 0 Å². The number of carboxylic acids is 2. The van der Waals surface area contributed by atoms with E-state index in [0.717, 1.165) is 31.2 Å². The van der Waals surface area contributed by atoms with Crippen LogP contribution >= 0.6 is 0 Å². The number of unbranched alkanes of at least 4 members (excludes halogenated alkanes) is 1. The molecule has 0 aliphatic carbocycles. The second-order valence-electron chi connectivity index (χ2n) is 9.47. The Balaban J connectivity index is 3.32. The maximum Gasteiger partial charge on any atom is 0.323 e. The molecule has 0 aromatic heterocycles. The van der Waals surface area contributed by atoms with E-state index in [9.17, 15) is 19.8 Å². The first-order valence-corrected chi connectivity index (χ1v) is 10.3. The molecule has 0 aliphatic rings. The van der Waals surface area contributed by atoms with Crippen LogP contribution in [0.5, 0.6) is 5.75 Å². The van der Waals surface area contributed by atoms with Gasteiger partial charge in [0.15, 0.2) is 0 Å². The van der Waals surface area contributed by atoms with Gasteiger partial charge in [0, 0.05) is 0 Å². The van der Waals surface area contributed by atoms with Gasteiger partial charge in [-0.25, -0.2) is 0 Å². The molecular formula is C23H37NO5. The molecule has 1 rings (SSSR count). The number of nitrogens with zero attached hydrogens (tertiary/aromatic N) is 1. The number of rotatable bonds is 12. The number of carboxylic acid groups (broad SMARTS) is 2. The summed E-state index contributed by atoms with van der Waals surface area (Å²) in [5, 5.41) is 18.6. The molecule has 0 amide bonds. The first kappa shape index (κ1) is 24.8. The normalized spacial score (nSPS) is 11.9. The van der Waals surface area contributed by atoms with Crippen molar-refractivity contribution in [3.8, 4) is 5.75 Å². The minimum absolute atomic E-state index is 0.137. The zero-order chi connectivity index (χ0) is 22.2. The lowest BCUT2D eigenvalue weighted by Crippen LogP contribution is -2.35. The largest absolute Gasteiger partial charge is 0.491 e. The number of aliphatic carboxylic acids is 2. The summed E-state index contributed by atoms with van der Waals surface area (Å²) in [7, 11) is 0. The Morgan fingerprint density at radius 2 is 1.59 bits per heavy atom. The Kier molecular flexibility index (Phi) is 8.99. The lowest BCUT2D eigenvalue weighted by atomic mass is 9.76. The van der Waals surface area contributed by atoms with Gasteiger partial charge in [-0.2, -0.15) is 0 Å². The summed E-state index contributed by atoms with van der Waals surface area (Å²) < 4.78 is 5.88. The summed E-state index contributed by atoms with van der Waals surface area (Å²) in [4.78, 5) is 24.1. The number of anilines is 1. The molecule has 0 atom stereocenters. The predicted molar refractivity (Wildman–Crippen MR) is 116 cm³/mol. The lowest BCUT2D eigenvalue weighted by Gasteiger charge is -2.31. The second-order valence-corrected chi connectivity index (χ2v) is 9.47. The third-order valence-corrected chi connectivity index (χ3v) is 4.99. The molecule has 0 saturated carbocycles.